The number of nitrogens with zero attached hydrogens (tertiary/aromatic N) is 12. The van der Waals surface area contributed by atoms with E-state index in [1.807, 2.05) is 36.4 Å². The van der Waals surface area contributed by atoms with Gasteiger partial charge < -0.3 is 41.4 Å². The summed E-state index contributed by atoms with van der Waals surface area (Å²) in [5, 5.41) is 57.2. The molecule has 4 aromatic carbocycles. The molecule has 32 nitrogen and oxygen atoms in total. The minimum absolute atomic E-state index is 0.0564. The third-order valence-corrected chi connectivity index (χ3v) is 14.2. The van der Waals surface area contributed by atoms with Gasteiger partial charge in [-0.05, 0) is 118 Å². The summed E-state index contributed by atoms with van der Waals surface area (Å²) >= 11 is 0. The maximum absolute atomic E-state index is 13.5. The van der Waals surface area contributed by atoms with E-state index in [1.54, 1.807) is 36.4 Å². The summed E-state index contributed by atoms with van der Waals surface area (Å²) in [5.74, 6) is -1.06. The lowest BCUT2D eigenvalue weighted by atomic mass is 10.0. The highest BCUT2D eigenvalue weighted by Crippen LogP contribution is 2.36. The van der Waals surface area contributed by atoms with E-state index >= 15 is 0 Å². The van der Waals surface area contributed by atoms with Crippen LogP contribution in [0, 0.1) is 0 Å². The average Bonchev–Trinajstić information content (AvgIpc) is 3.39. The van der Waals surface area contributed by atoms with Gasteiger partial charge in [-0.25, -0.2) is 38.6 Å². The Labute approximate surface area is 468 Å². The van der Waals surface area contributed by atoms with Crippen LogP contribution >= 0.6 is 0 Å². The summed E-state index contributed by atoms with van der Waals surface area (Å²) in [6, 6.07) is 23.6. The molecular weight excluding hydrogens is 1090 g/mol. The molecule has 32 heteroatoms. The molecule has 2 aliphatic heterocycles. The smallest absolute Gasteiger partial charge is 0.349 e. The fourth-order valence-corrected chi connectivity index (χ4v) is 10.3. The highest BCUT2D eigenvalue weighted by molar-refractivity contribution is 6.00. The zero-order chi connectivity index (χ0) is 57.6. The van der Waals surface area contributed by atoms with Crippen LogP contribution < -0.4 is 52.8 Å². The number of anilines is 2. The van der Waals surface area contributed by atoms with Crippen LogP contribution in [0.3, 0.4) is 0 Å². The summed E-state index contributed by atoms with van der Waals surface area (Å²) in [7, 11) is 0. The van der Waals surface area contributed by atoms with Crippen molar-refractivity contribution >= 4 is 58.4 Å². The van der Waals surface area contributed by atoms with E-state index in [2.05, 4.69) is 104 Å². The molecular formula is C52H42N22O10. The molecule has 0 saturated carbocycles. The largest absolute Gasteiger partial charge is 0.482 e. The minimum Gasteiger partial charge on any atom is -0.482 e. The van der Waals surface area contributed by atoms with E-state index in [4.69, 9.17) is 9.47 Å². The molecule has 0 bridgehead atoms. The number of carbonyl (C=O) groups excluding carboxylic acids is 6. The van der Waals surface area contributed by atoms with Crippen LogP contribution in [-0.4, -0.2) is 129 Å². The van der Waals surface area contributed by atoms with Gasteiger partial charge in [-0.15, -0.1) is 30.6 Å². The fourth-order valence-electron chi connectivity index (χ4n) is 10.3. The van der Waals surface area contributed by atoms with Crippen molar-refractivity contribution in [2.24, 2.45) is 0 Å². The van der Waals surface area contributed by atoms with Crippen LogP contribution in [0.2, 0.25) is 0 Å². The first kappa shape index (κ1) is 51.6. The number of carbonyl (C=O) groups is 6. The number of rotatable bonds is 12. The second-order valence-corrected chi connectivity index (χ2v) is 19.5. The molecule has 84 heavy (non-hydrogen) atoms. The molecule has 4 aliphatic rings. The molecule has 10 N–H and O–H groups in total. The van der Waals surface area contributed by atoms with Crippen molar-refractivity contribution in [2.75, 3.05) is 23.8 Å². The molecule has 2 aliphatic carbocycles. The maximum Gasteiger partial charge on any atom is 0.349 e. The summed E-state index contributed by atoms with van der Waals surface area (Å²) in [6.45, 7) is 0.0599. The second-order valence-electron chi connectivity index (χ2n) is 19.5. The molecule has 6 amide bonds. The number of H-pyrrole nitrogens is 4. The summed E-state index contributed by atoms with van der Waals surface area (Å²) in [5.41, 5.74) is 6.27. The van der Waals surface area contributed by atoms with Gasteiger partial charge in [-0.1, -0.05) is 36.4 Å². The van der Waals surface area contributed by atoms with Gasteiger partial charge in [0.2, 0.25) is 11.6 Å². The first-order valence-corrected chi connectivity index (χ1v) is 25.8. The fraction of sp³-hybridized carbons (Fsp3) is 0.192. The quantitative estimate of drug-likeness (QED) is 0.0798. The molecule has 10 aromatic rings. The van der Waals surface area contributed by atoms with Crippen molar-refractivity contribution in [3.05, 3.63) is 162 Å². The van der Waals surface area contributed by atoms with E-state index < -0.39 is 35.0 Å². The van der Waals surface area contributed by atoms with Gasteiger partial charge in [-0.3, -0.25) is 28.8 Å². The van der Waals surface area contributed by atoms with Crippen LogP contribution in [0.25, 0.3) is 34.3 Å². The van der Waals surface area contributed by atoms with Crippen LogP contribution in [0.1, 0.15) is 100 Å². The predicted molar refractivity (Wildman–Crippen MR) is 287 cm³/mol. The number of benzene rings is 4. The summed E-state index contributed by atoms with van der Waals surface area (Å²) < 4.78 is 12.7. The van der Waals surface area contributed by atoms with Gasteiger partial charge in [-0.2, -0.15) is 10.4 Å². The van der Waals surface area contributed by atoms with Gasteiger partial charge >= 0.3 is 11.4 Å². The molecule has 14 rings (SSSR count). The number of amides is 6. The van der Waals surface area contributed by atoms with Crippen molar-refractivity contribution in [1.82, 2.24) is 102 Å². The molecule has 0 radical (unpaired) electrons. The average molecular weight is 1140 g/mol. The van der Waals surface area contributed by atoms with Crippen LogP contribution in [-0.2, 0) is 35.5 Å². The molecule has 2 atom stereocenters. The van der Waals surface area contributed by atoms with Gasteiger partial charge in [0.15, 0.2) is 13.2 Å². The molecule has 8 heterocycles. The predicted octanol–water partition coefficient (Wildman–Crippen LogP) is 0.552. The zero-order valence-electron chi connectivity index (χ0n) is 43.3. The molecule has 0 fully saturated rings. The Bertz CT molecular complexity index is 4450. The topological polar surface area (TPSA) is 428 Å². The van der Waals surface area contributed by atoms with Crippen LogP contribution in [0.4, 0.5) is 11.4 Å². The molecule has 6 aromatic heterocycles. The highest BCUT2D eigenvalue weighted by atomic mass is 16.5. The number of fused-ring (bicyclic) bond motifs is 6. The van der Waals surface area contributed by atoms with Crippen LogP contribution in [0.5, 0.6) is 11.5 Å². The van der Waals surface area contributed by atoms with E-state index in [0.717, 1.165) is 55.0 Å². The number of aromatic nitrogens is 16. The number of aryl methyl sites for hydroxylation is 2. The lowest BCUT2D eigenvalue weighted by Gasteiger charge is -2.18. The lowest BCUT2D eigenvalue weighted by molar-refractivity contribution is -0.119. The summed E-state index contributed by atoms with van der Waals surface area (Å²) in [4.78, 5) is 110. The zero-order valence-corrected chi connectivity index (χ0v) is 43.3. The molecule has 0 saturated heterocycles. The van der Waals surface area contributed by atoms with Crippen molar-refractivity contribution in [3.63, 3.8) is 0 Å². The Hall–Kier alpha value is -11.9. The van der Waals surface area contributed by atoms with Crippen molar-refractivity contribution in [2.45, 2.75) is 50.9 Å². The van der Waals surface area contributed by atoms with E-state index in [-0.39, 0.29) is 84.5 Å². The van der Waals surface area contributed by atoms with Crippen molar-refractivity contribution < 1.29 is 38.2 Å². The van der Waals surface area contributed by atoms with Crippen molar-refractivity contribution in [3.8, 4) is 34.3 Å². The number of tetrazole rings is 2. The number of hydrogen-bond donors (Lipinski definition) is 10. The third kappa shape index (κ3) is 10.1. The van der Waals surface area contributed by atoms with Gasteiger partial charge in [0.25, 0.3) is 47.0 Å². The van der Waals surface area contributed by atoms with Crippen LogP contribution in [0.15, 0.2) is 94.5 Å². The monoisotopic (exact) mass is 1130 g/mol. The SMILES string of the molecule is O=C1COc2ccc(CNC(=O)c3cc(C(=O)N[C@H]4CCc5cc(-c6nn[nH]n6)ccc54)n4c(=O)[nH]nc4n3)cc2N1.O=C1COc2ccc(CNC(=O)c3cc(C(=O)N[C@H]4CCc5cc(-c6nn[nH]n6)ccc54)nc4n[nH]c(=O)n34)cc2N1. The number of hydrogen-bond acceptors (Lipinski definition) is 20. The first-order chi connectivity index (χ1) is 40.8. The second kappa shape index (κ2) is 21.3. The lowest BCUT2D eigenvalue weighted by Crippen LogP contribution is -2.32. The number of nitrogens with one attached hydrogen (secondary N) is 10. The number of ether oxygens (including phenoxy) is 2. The third-order valence-electron chi connectivity index (χ3n) is 14.2. The standard InChI is InChI=1S/2C26H21N11O5/c38-21-11-42-20-6-1-12(7-17(20)28-21)10-27-24(40)19-9-18(30-25-33-34-26(41)37(19)25)23(39)29-16-5-3-13-8-14(2-4-15(13)16)22-31-35-36-32-22;38-21-11-42-20-6-1-12(7-17(20)28-21)10-27-23(39)18-9-19(37-25(30-18)33-34-26(37)41)24(40)29-16-5-3-13-8-14(2-4-15(13)16)22-31-35-36-32-22/h1-2,4,6-9,16H,3,5,10-11H2,(H,27,40)(H,28,38)(H,29,39)(H,34,41)(H,31,32,35,36);1-2,4,6-9,16H,3,5,10-11H2,(H,27,39)(H,28,38)(H,29,40)(H,34,41)(H,31,32,35,36)/t2*16-/m00/s1. The summed E-state index contributed by atoms with van der Waals surface area (Å²) in [6.07, 6.45) is 2.76. The molecule has 420 valence electrons. The Morgan fingerprint density at radius 1 is 0.536 bits per heavy atom. The Morgan fingerprint density at radius 2 is 1.01 bits per heavy atom. The molecule has 0 spiro atoms. The van der Waals surface area contributed by atoms with E-state index in [1.165, 1.54) is 12.1 Å². The minimum atomic E-state index is -0.676. The molecule has 0 unspecified atom stereocenters. The van der Waals surface area contributed by atoms with Crippen molar-refractivity contribution in [1.29, 1.82) is 0 Å². The van der Waals surface area contributed by atoms with E-state index in [9.17, 15) is 38.4 Å². The van der Waals surface area contributed by atoms with E-state index in [0.29, 0.717) is 58.5 Å². The van der Waals surface area contributed by atoms with Gasteiger partial charge in [0, 0.05) is 24.2 Å². The van der Waals surface area contributed by atoms with Gasteiger partial charge in [0.1, 0.15) is 34.3 Å². The highest BCUT2D eigenvalue weighted by Gasteiger charge is 2.30. The number of aromatic amines is 4. The maximum atomic E-state index is 13.5. The normalized spacial score (nSPS) is 15.4. The Balaban J connectivity index is 0.000000157. The van der Waals surface area contributed by atoms with Gasteiger partial charge in [0.05, 0.1) is 23.5 Å². The Kier molecular flexibility index (Phi) is 13.1. The Morgan fingerprint density at radius 3 is 1.51 bits per heavy atom. The first-order valence-electron chi connectivity index (χ1n) is 25.8.